The SMILES string of the molecule is CCCCCC/C=C\C/C=C\CCCCCCCC(=O)OC[C@H](COP(=O)(O)O[C@@H]1C(O[C@@H]2OC(CO[C@@H]3OC(CO[C@@H]4OC(CO[C@@H]5OC(CO)[C@H](O)C(O)[C@@H]5O)[C@H](O)C(O)[C@@H]4O)[C@H](O)C(O)[C@@H]3O)[C@H](O)C(O)[C@@H]2O)C(O)[C@@H](O)C(O)[C@H]1O[C@H]1OC(CO)[C@@H](O)C(O)[C@H]1O)OC(=O)CCCCCCCCCCCCCCC. The third-order valence-electron chi connectivity index (χ3n) is 21.1. The van der Waals surface area contributed by atoms with Crippen LogP contribution in [0.15, 0.2) is 24.3 Å². The number of rotatable bonds is 52. The first-order valence-corrected chi connectivity index (χ1v) is 41.7. The van der Waals surface area contributed by atoms with Crippen molar-refractivity contribution in [3.8, 4) is 0 Å². The van der Waals surface area contributed by atoms with Gasteiger partial charge in [-0.3, -0.25) is 18.6 Å². The van der Waals surface area contributed by atoms with Gasteiger partial charge < -0.3 is 164 Å². The van der Waals surface area contributed by atoms with Gasteiger partial charge in [0.15, 0.2) is 37.6 Å². The average Bonchev–Trinajstić information content (AvgIpc) is 0.755. The van der Waals surface area contributed by atoms with E-state index < -0.39 is 262 Å². The molecule has 5 aliphatic heterocycles. The summed E-state index contributed by atoms with van der Waals surface area (Å²) in [5.41, 5.74) is 0. The van der Waals surface area contributed by atoms with Crippen molar-refractivity contribution in [2.24, 2.45) is 0 Å². The van der Waals surface area contributed by atoms with Gasteiger partial charge in [0.1, 0.15) is 165 Å². The number of carbonyl (C=O) groups is 2. The molecule has 0 aromatic rings. The zero-order chi connectivity index (χ0) is 82.9. The maximum absolute atomic E-state index is 14.5. The molecule has 660 valence electrons. The Bertz CT molecular complexity index is 2710. The summed E-state index contributed by atoms with van der Waals surface area (Å²) in [6, 6.07) is 0. The van der Waals surface area contributed by atoms with Gasteiger partial charge in [0.05, 0.1) is 39.6 Å². The first-order chi connectivity index (χ1) is 54.0. The van der Waals surface area contributed by atoms with Crippen LogP contribution in [0.3, 0.4) is 0 Å². The summed E-state index contributed by atoms with van der Waals surface area (Å²) >= 11 is 0. The number of hydrogen-bond acceptors (Lipinski definition) is 37. The van der Waals surface area contributed by atoms with Gasteiger partial charge in [-0.05, 0) is 44.9 Å². The van der Waals surface area contributed by atoms with Gasteiger partial charge in [0.25, 0.3) is 0 Å². The second-order valence-electron chi connectivity index (χ2n) is 30.1. The van der Waals surface area contributed by atoms with E-state index >= 15 is 0 Å². The van der Waals surface area contributed by atoms with E-state index in [4.69, 9.17) is 65.9 Å². The van der Waals surface area contributed by atoms with Gasteiger partial charge in [0.2, 0.25) is 0 Å². The number of phosphoric ester groups is 1. The molecule has 6 fully saturated rings. The predicted molar refractivity (Wildman–Crippen MR) is 389 cm³/mol. The highest BCUT2D eigenvalue weighted by Gasteiger charge is 2.59. The summed E-state index contributed by atoms with van der Waals surface area (Å²) in [5, 5.41) is 217. The zero-order valence-electron chi connectivity index (χ0n) is 64.6. The van der Waals surface area contributed by atoms with Crippen molar-refractivity contribution in [3.63, 3.8) is 0 Å². The summed E-state index contributed by atoms with van der Waals surface area (Å²) < 4.78 is 92.9. The highest BCUT2D eigenvalue weighted by atomic mass is 31.2. The molecular formula is C74H131O38P. The normalized spacial score (nSPS) is 38.1. The molecule has 0 spiro atoms. The quantitative estimate of drug-likeness (QED) is 0.0130. The predicted octanol–water partition coefficient (Wildman–Crippen LogP) is -2.43. The third-order valence-corrected chi connectivity index (χ3v) is 22.0. The second kappa shape index (κ2) is 51.8. The highest BCUT2D eigenvalue weighted by molar-refractivity contribution is 7.47. The monoisotopic (exact) mass is 1660 g/mol. The number of unbranched alkanes of at least 4 members (excludes halogenated alkanes) is 21. The van der Waals surface area contributed by atoms with E-state index in [0.29, 0.717) is 25.7 Å². The van der Waals surface area contributed by atoms with E-state index in [2.05, 4.69) is 38.2 Å². The van der Waals surface area contributed by atoms with Gasteiger partial charge in [-0.1, -0.05) is 154 Å². The van der Waals surface area contributed by atoms with E-state index in [1.807, 2.05) is 0 Å². The molecule has 6 rings (SSSR count). The minimum Gasteiger partial charge on any atom is -0.462 e. The van der Waals surface area contributed by atoms with Gasteiger partial charge in [-0.2, -0.15) is 0 Å². The maximum atomic E-state index is 14.5. The van der Waals surface area contributed by atoms with Crippen LogP contribution in [-0.2, 0) is 80.0 Å². The Morgan fingerprint density at radius 1 is 0.354 bits per heavy atom. The average molecular weight is 1660 g/mol. The van der Waals surface area contributed by atoms with Gasteiger partial charge in [0, 0.05) is 12.8 Å². The molecule has 1 saturated carbocycles. The van der Waals surface area contributed by atoms with Gasteiger partial charge in [-0.15, -0.1) is 0 Å². The lowest BCUT2D eigenvalue weighted by atomic mass is 9.84. The lowest BCUT2D eigenvalue weighted by molar-refractivity contribution is -0.365. The van der Waals surface area contributed by atoms with Crippen molar-refractivity contribution < 1.29 is 187 Å². The largest absolute Gasteiger partial charge is 0.472 e. The van der Waals surface area contributed by atoms with Gasteiger partial charge in [-0.25, -0.2) is 4.57 Å². The smallest absolute Gasteiger partial charge is 0.462 e. The van der Waals surface area contributed by atoms with Crippen molar-refractivity contribution >= 4 is 19.8 Å². The van der Waals surface area contributed by atoms with E-state index in [9.17, 15) is 121 Å². The van der Waals surface area contributed by atoms with Crippen LogP contribution < -0.4 is 0 Å². The fraction of sp³-hybridized carbons (Fsp3) is 0.919. The minimum absolute atomic E-state index is 0.0360. The number of hydrogen-bond donors (Lipinski definition) is 21. The molecule has 113 heavy (non-hydrogen) atoms. The molecular weight excluding hydrogens is 1530 g/mol. The van der Waals surface area contributed by atoms with Crippen LogP contribution in [0.4, 0.5) is 0 Å². The number of carbonyl (C=O) groups excluding carboxylic acids is 2. The lowest BCUT2D eigenvalue weighted by Gasteiger charge is -2.49. The van der Waals surface area contributed by atoms with Crippen LogP contribution in [-0.4, -0.2) is 361 Å². The first kappa shape index (κ1) is 99.1. The summed E-state index contributed by atoms with van der Waals surface area (Å²) in [7, 11) is -5.86. The zero-order valence-corrected chi connectivity index (χ0v) is 65.5. The number of ether oxygens (including phenoxy) is 12. The van der Waals surface area contributed by atoms with Gasteiger partial charge >= 0.3 is 19.8 Å². The summed E-state index contributed by atoms with van der Waals surface area (Å²) in [5.74, 6) is -1.49. The molecule has 0 amide bonds. The van der Waals surface area contributed by atoms with Crippen LogP contribution in [0.2, 0.25) is 0 Å². The first-order valence-electron chi connectivity index (χ1n) is 40.2. The highest BCUT2D eigenvalue weighted by Crippen LogP contribution is 2.49. The van der Waals surface area contributed by atoms with E-state index in [1.54, 1.807) is 0 Å². The summed E-state index contributed by atoms with van der Waals surface area (Å²) in [6.07, 6.45) is -33.1. The Morgan fingerprint density at radius 3 is 1.05 bits per heavy atom. The molecule has 5 heterocycles. The Morgan fingerprint density at radius 2 is 0.664 bits per heavy atom. The topological polar surface area (TPSA) is 605 Å². The molecule has 5 saturated heterocycles. The molecule has 38 nitrogen and oxygen atoms in total. The van der Waals surface area contributed by atoms with Crippen LogP contribution in [0.5, 0.6) is 0 Å². The molecule has 21 N–H and O–H groups in total. The molecule has 0 aromatic carbocycles. The number of aliphatic hydroxyl groups excluding tert-OH is 20. The number of aliphatic hydroxyl groups is 20. The van der Waals surface area contributed by atoms with E-state index in [-0.39, 0.29) is 12.8 Å². The fourth-order valence-corrected chi connectivity index (χ4v) is 14.9. The molecule has 0 bridgehead atoms. The molecule has 14 unspecified atom stereocenters. The molecule has 39 heteroatoms. The Kier molecular flexibility index (Phi) is 45.5. The Hall–Kier alpha value is -2.67. The lowest BCUT2D eigenvalue weighted by Crippen LogP contribution is -2.69. The minimum atomic E-state index is -5.86. The molecule has 6 aliphatic rings. The number of esters is 2. The number of allylic oxidation sites excluding steroid dienone is 4. The van der Waals surface area contributed by atoms with Crippen LogP contribution in [0, 0.1) is 0 Å². The van der Waals surface area contributed by atoms with Crippen molar-refractivity contribution in [1.29, 1.82) is 0 Å². The van der Waals surface area contributed by atoms with E-state index in [1.165, 1.54) is 64.2 Å². The van der Waals surface area contributed by atoms with Crippen LogP contribution in [0.25, 0.3) is 0 Å². The fourth-order valence-electron chi connectivity index (χ4n) is 13.9. The number of phosphoric acid groups is 1. The molecule has 1 aliphatic carbocycles. The second-order valence-corrected chi connectivity index (χ2v) is 31.5. The Labute approximate surface area is 658 Å². The standard InChI is InChI=1S/C74H131O38P/c1-3-5-7-9-11-13-15-17-18-19-21-22-24-26-28-30-32-47(77)99-36-41(104-48(78)33-31-29-27-25-23-20-16-14-12-10-8-6-4-2)37-103-113(97,98)112-69-67(110-73-65(95)55(85)50(80)43(35-76)106-73)60(90)59(89)61(91)68(69)111-74-66(96)58(88)53(83)46(109-74)40-102-72-64(94)57(87)52(82)45(108-72)39-101-71-63(93)56(86)51(81)44(107-71)38-100-70-62(92)54(84)49(79)42(34-75)105-70/h13,15,18-19,41-46,49-76,79-96H,3-12,14,16-17,20-40H2,1-2H3,(H,97,98)/b15-13-,19-18-/t41-,42?,43?,44?,45?,46?,49+,50-,51+,52+,53+,54?,55?,56?,57?,58?,59+,60?,61?,62+,63+,64+,65-,66+,67-,68?,69+,70-,71-,72-,73-,74+/m1/s1. The Balaban J connectivity index is 1.13. The summed E-state index contributed by atoms with van der Waals surface area (Å²) in [6.45, 7) is -1.94. The third kappa shape index (κ3) is 31.1. The van der Waals surface area contributed by atoms with Crippen molar-refractivity contribution in [2.75, 3.05) is 46.2 Å². The summed E-state index contributed by atoms with van der Waals surface area (Å²) in [4.78, 5) is 38.3. The van der Waals surface area contributed by atoms with Crippen molar-refractivity contribution in [2.45, 2.75) is 383 Å². The molecule has 0 radical (unpaired) electrons. The van der Waals surface area contributed by atoms with E-state index in [0.717, 1.165) is 70.6 Å². The molecule has 33 atom stereocenters. The van der Waals surface area contributed by atoms with Crippen molar-refractivity contribution in [1.82, 2.24) is 0 Å². The maximum Gasteiger partial charge on any atom is 0.472 e. The van der Waals surface area contributed by atoms with Crippen molar-refractivity contribution in [3.05, 3.63) is 24.3 Å². The van der Waals surface area contributed by atoms with Crippen LogP contribution >= 0.6 is 7.82 Å². The van der Waals surface area contributed by atoms with Crippen LogP contribution in [0.1, 0.15) is 187 Å². The molecule has 0 aromatic heterocycles.